The van der Waals surface area contributed by atoms with E-state index in [0.717, 1.165) is 0 Å². The van der Waals surface area contributed by atoms with E-state index in [1.807, 2.05) is 0 Å². The maximum absolute atomic E-state index is 12.9. The van der Waals surface area contributed by atoms with E-state index in [1.165, 1.54) is 0 Å². The zero-order valence-electron chi connectivity index (χ0n) is 12.8. The molecule has 0 aromatic carbocycles. The predicted octanol–water partition coefficient (Wildman–Crippen LogP) is 6.77. The molecule has 148 valence electrons. The molecule has 0 heterocycles. The third kappa shape index (κ3) is 9.13. The second kappa shape index (κ2) is 10.7. The van der Waals surface area contributed by atoms with Crippen molar-refractivity contribution in [2.24, 2.45) is 0 Å². The van der Waals surface area contributed by atoms with Crippen LogP contribution in [0.1, 0.15) is 38.5 Å². The van der Waals surface area contributed by atoms with E-state index in [4.69, 9.17) is 4.74 Å². The summed E-state index contributed by atoms with van der Waals surface area (Å²) in [7, 11) is 0. The second-order valence-corrected chi connectivity index (χ2v) is 5.08. The predicted molar refractivity (Wildman–Crippen MR) is 69.1 cm³/mol. The molecule has 0 rings (SSSR count). The number of allylic oxidation sites excluding steroid dienone is 2. The molecule has 0 aromatic heterocycles. The highest BCUT2D eigenvalue weighted by Gasteiger charge is 2.38. The molecule has 0 N–H and O–H groups in total. The quantitative estimate of drug-likeness (QED) is 0.264. The molecule has 0 unspecified atom stereocenters. The summed E-state index contributed by atoms with van der Waals surface area (Å²) in [5, 5.41) is 0. The lowest BCUT2D eigenvalue weighted by molar-refractivity contribution is -0.00358. The maximum Gasteiger partial charge on any atom is 0.307 e. The van der Waals surface area contributed by atoms with Crippen LogP contribution in [0.3, 0.4) is 0 Å². The summed E-state index contributed by atoms with van der Waals surface area (Å²) in [6.45, 7) is -0.216. The highest BCUT2D eigenvalue weighted by atomic mass is 19.3. The van der Waals surface area contributed by atoms with Crippen LogP contribution in [0.5, 0.6) is 0 Å². The standard InChI is InChI=1S/C14H16F10O/c15-9(11(17)18)13(21,22)5-1-3-7-25-8-4-2-6-14(23,24)10(16)12(19)20/h1-8H2. The zero-order valence-corrected chi connectivity index (χ0v) is 12.8. The van der Waals surface area contributed by atoms with E-state index in [2.05, 4.69) is 0 Å². The van der Waals surface area contributed by atoms with Gasteiger partial charge in [-0.2, -0.15) is 43.9 Å². The molecule has 0 saturated carbocycles. The van der Waals surface area contributed by atoms with Crippen molar-refractivity contribution in [1.82, 2.24) is 0 Å². The topological polar surface area (TPSA) is 9.23 Å². The van der Waals surface area contributed by atoms with Crippen LogP contribution < -0.4 is 0 Å². The first-order chi connectivity index (χ1) is 11.4. The van der Waals surface area contributed by atoms with E-state index < -0.39 is 48.5 Å². The molecule has 0 spiro atoms. The maximum atomic E-state index is 12.9. The molecule has 0 amide bonds. The highest BCUT2D eigenvalue weighted by Crippen LogP contribution is 2.34. The van der Waals surface area contributed by atoms with E-state index in [-0.39, 0.29) is 38.9 Å². The summed E-state index contributed by atoms with van der Waals surface area (Å²) in [4.78, 5) is 0. The van der Waals surface area contributed by atoms with Crippen LogP contribution >= 0.6 is 0 Å². The molecule has 0 aromatic rings. The minimum atomic E-state index is -4.27. The molecule has 25 heavy (non-hydrogen) atoms. The molecule has 0 radical (unpaired) electrons. The number of ether oxygens (including phenoxy) is 1. The minimum Gasteiger partial charge on any atom is -0.381 e. The number of hydrogen-bond acceptors (Lipinski definition) is 1. The number of halogens is 10. The van der Waals surface area contributed by atoms with Crippen molar-refractivity contribution in [3.63, 3.8) is 0 Å². The van der Waals surface area contributed by atoms with Gasteiger partial charge in [0.2, 0.25) is 11.7 Å². The van der Waals surface area contributed by atoms with Crippen molar-refractivity contribution >= 4 is 0 Å². The fourth-order valence-corrected chi connectivity index (χ4v) is 1.70. The van der Waals surface area contributed by atoms with Gasteiger partial charge in [0, 0.05) is 26.1 Å². The Morgan fingerprint density at radius 3 is 1.16 bits per heavy atom. The largest absolute Gasteiger partial charge is 0.381 e. The lowest BCUT2D eigenvalue weighted by Gasteiger charge is -2.14. The lowest BCUT2D eigenvalue weighted by Crippen LogP contribution is -2.18. The summed E-state index contributed by atoms with van der Waals surface area (Å²) < 4.78 is 128. The Hall–Kier alpha value is -1.26. The van der Waals surface area contributed by atoms with Gasteiger partial charge in [-0.25, -0.2) is 0 Å². The smallest absolute Gasteiger partial charge is 0.307 e. The van der Waals surface area contributed by atoms with Crippen LogP contribution in [0, 0.1) is 0 Å². The summed E-state index contributed by atoms with van der Waals surface area (Å²) in [6.07, 6.45) is -9.14. The Balaban J connectivity index is 3.83. The van der Waals surface area contributed by atoms with Gasteiger partial charge < -0.3 is 4.74 Å². The monoisotopic (exact) mass is 390 g/mol. The van der Waals surface area contributed by atoms with Crippen LogP contribution in [-0.2, 0) is 4.74 Å². The fourth-order valence-electron chi connectivity index (χ4n) is 1.70. The highest BCUT2D eigenvalue weighted by molar-refractivity contribution is 5.04. The molecule has 0 aliphatic carbocycles. The Bertz CT molecular complexity index is 422. The Morgan fingerprint density at radius 2 is 0.880 bits per heavy atom. The van der Waals surface area contributed by atoms with Crippen LogP contribution in [0.15, 0.2) is 23.8 Å². The number of unbranched alkanes of at least 4 members (excludes halogenated alkanes) is 2. The van der Waals surface area contributed by atoms with Gasteiger partial charge in [-0.15, -0.1) is 0 Å². The molecule has 0 aliphatic heterocycles. The molecule has 1 nitrogen and oxygen atoms in total. The van der Waals surface area contributed by atoms with Gasteiger partial charge in [0.25, 0.3) is 0 Å². The van der Waals surface area contributed by atoms with Gasteiger partial charge in [0.1, 0.15) is 0 Å². The number of alkyl halides is 4. The SMILES string of the molecule is FC(F)=C(F)C(F)(F)CCCCOCCCCC(F)(F)C(F)=C(F)F. The first-order valence-electron chi connectivity index (χ1n) is 7.17. The average Bonchev–Trinajstić information content (AvgIpc) is 2.51. The Kier molecular flexibility index (Phi) is 10.1. The van der Waals surface area contributed by atoms with Gasteiger partial charge in [0.15, 0.2) is 0 Å². The molecular formula is C14H16F10O. The summed E-state index contributed by atoms with van der Waals surface area (Å²) in [5.74, 6) is -14.1. The van der Waals surface area contributed by atoms with Crippen molar-refractivity contribution in [2.75, 3.05) is 13.2 Å². The first kappa shape index (κ1) is 23.7. The number of rotatable bonds is 12. The third-order valence-electron chi connectivity index (χ3n) is 3.03. The zero-order chi connectivity index (χ0) is 19.7. The van der Waals surface area contributed by atoms with Crippen LogP contribution in [0.2, 0.25) is 0 Å². The van der Waals surface area contributed by atoms with E-state index in [1.54, 1.807) is 0 Å². The summed E-state index contributed by atoms with van der Waals surface area (Å²) >= 11 is 0. The Labute approximate surface area is 137 Å². The van der Waals surface area contributed by atoms with Crippen molar-refractivity contribution in [1.29, 1.82) is 0 Å². The van der Waals surface area contributed by atoms with E-state index in [0.29, 0.717) is 0 Å². The first-order valence-corrected chi connectivity index (χ1v) is 7.17. The molecule has 0 bridgehead atoms. The second-order valence-electron chi connectivity index (χ2n) is 5.08. The summed E-state index contributed by atoms with van der Waals surface area (Å²) in [5.41, 5.74) is 0. The van der Waals surface area contributed by atoms with Crippen LogP contribution in [0.25, 0.3) is 0 Å². The fraction of sp³-hybridized carbons (Fsp3) is 0.714. The van der Waals surface area contributed by atoms with Crippen molar-refractivity contribution in [2.45, 2.75) is 50.4 Å². The molecule has 11 heteroatoms. The third-order valence-corrected chi connectivity index (χ3v) is 3.03. The molecule has 0 aliphatic rings. The molecular weight excluding hydrogens is 374 g/mol. The molecule has 0 saturated heterocycles. The van der Waals surface area contributed by atoms with Gasteiger partial charge in [-0.05, 0) is 25.7 Å². The van der Waals surface area contributed by atoms with Crippen molar-refractivity contribution in [3.8, 4) is 0 Å². The van der Waals surface area contributed by atoms with Crippen LogP contribution in [0.4, 0.5) is 43.9 Å². The number of hydrogen-bond donors (Lipinski definition) is 0. The Morgan fingerprint density at radius 1 is 0.560 bits per heavy atom. The van der Waals surface area contributed by atoms with Gasteiger partial charge in [-0.3, -0.25) is 0 Å². The van der Waals surface area contributed by atoms with Crippen molar-refractivity contribution < 1.29 is 48.6 Å². The minimum absolute atomic E-state index is 0.0165. The average molecular weight is 390 g/mol. The molecule has 0 fully saturated rings. The molecule has 0 atom stereocenters. The summed E-state index contributed by atoms with van der Waals surface area (Å²) in [6, 6.07) is 0. The normalized spacial score (nSPS) is 12.2. The van der Waals surface area contributed by atoms with Gasteiger partial charge in [-0.1, -0.05) is 0 Å². The van der Waals surface area contributed by atoms with Gasteiger partial charge in [0.05, 0.1) is 0 Å². The van der Waals surface area contributed by atoms with Crippen molar-refractivity contribution in [3.05, 3.63) is 23.8 Å². The van der Waals surface area contributed by atoms with E-state index in [9.17, 15) is 43.9 Å². The van der Waals surface area contributed by atoms with Crippen LogP contribution in [-0.4, -0.2) is 25.1 Å². The lowest BCUT2D eigenvalue weighted by atomic mass is 10.1. The van der Waals surface area contributed by atoms with Gasteiger partial charge >= 0.3 is 24.0 Å². The van der Waals surface area contributed by atoms with E-state index >= 15 is 0 Å².